The van der Waals surface area contributed by atoms with E-state index in [1.807, 2.05) is 18.2 Å². The lowest BCUT2D eigenvalue weighted by Gasteiger charge is -2.30. The fraction of sp³-hybridized carbons (Fsp3) is 0.462. The van der Waals surface area contributed by atoms with Crippen LogP contribution in [0.1, 0.15) is 23.7 Å². The summed E-state index contributed by atoms with van der Waals surface area (Å²) in [5, 5.41) is 9.22. The van der Waals surface area contributed by atoms with Crippen LogP contribution in [0, 0.1) is 0 Å². The number of nitrogens with zero attached hydrogens (tertiary/aromatic N) is 1. The average Bonchev–Trinajstić information content (AvgIpc) is 2.34. The van der Waals surface area contributed by atoms with Crippen LogP contribution >= 0.6 is 11.8 Å². The molecule has 1 rings (SSSR count). The number of anilines is 2. The molecular weight excluding hydrogens is 248 g/mol. The molecule has 0 saturated carbocycles. The first-order chi connectivity index (χ1) is 8.51. The third kappa shape index (κ3) is 3.32. The third-order valence-corrected chi connectivity index (χ3v) is 3.73. The second kappa shape index (κ2) is 6.54. The fourth-order valence-electron chi connectivity index (χ4n) is 1.91. The van der Waals surface area contributed by atoms with Crippen LogP contribution in [0.5, 0.6) is 0 Å². The zero-order valence-electron chi connectivity index (χ0n) is 11.0. The highest BCUT2D eigenvalue weighted by atomic mass is 32.2. The molecule has 0 heterocycles. The Labute approximate surface area is 112 Å². The smallest absolute Gasteiger partial charge is 0.337 e. The van der Waals surface area contributed by atoms with Gasteiger partial charge in [-0.1, -0.05) is 6.92 Å². The molecule has 18 heavy (non-hydrogen) atoms. The summed E-state index contributed by atoms with van der Waals surface area (Å²) >= 11 is 1.76. The van der Waals surface area contributed by atoms with Crippen LogP contribution in [0.2, 0.25) is 0 Å². The van der Waals surface area contributed by atoms with E-state index < -0.39 is 5.97 Å². The molecule has 0 aliphatic rings. The molecule has 0 aliphatic heterocycles. The molecule has 1 atom stereocenters. The lowest BCUT2D eigenvalue weighted by molar-refractivity contribution is 0.0697. The lowest BCUT2D eigenvalue weighted by Crippen LogP contribution is -2.34. The van der Waals surface area contributed by atoms with E-state index in [0.717, 1.165) is 12.2 Å². The maximum absolute atomic E-state index is 11.2. The summed E-state index contributed by atoms with van der Waals surface area (Å²) in [7, 11) is 1.92. The van der Waals surface area contributed by atoms with Gasteiger partial charge in [0.1, 0.15) is 0 Å². The first kappa shape index (κ1) is 14.7. The molecule has 5 heteroatoms. The Morgan fingerprint density at radius 2 is 2.22 bits per heavy atom. The first-order valence-electron chi connectivity index (χ1n) is 5.85. The first-order valence-corrected chi connectivity index (χ1v) is 7.25. The molecule has 3 N–H and O–H groups in total. The zero-order valence-corrected chi connectivity index (χ0v) is 11.8. The Morgan fingerprint density at radius 1 is 1.56 bits per heavy atom. The summed E-state index contributed by atoms with van der Waals surface area (Å²) in [5.74, 6) is 0.0387. The number of nitrogens with two attached hydrogens (primary N) is 1. The quantitative estimate of drug-likeness (QED) is 0.776. The molecule has 0 saturated heterocycles. The van der Waals surface area contributed by atoms with E-state index in [4.69, 9.17) is 5.73 Å². The number of hydrogen-bond donors (Lipinski definition) is 2. The maximum atomic E-state index is 11.2. The van der Waals surface area contributed by atoms with Crippen LogP contribution < -0.4 is 10.6 Å². The largest absolute Gasteiger partial charge is 0.478 e. The Balaban J connectivity index is 3.13. The zero-order chi connectivity index (χ0) is 13.7. The molecule has 0 fully saturated rings. The topological polar surface area (TPSA) is 66.6 Å². The van der Waals surface area contributed by atoms with Crippen molar-refractivity contribution in [2.75, 3.05) is 29.7 Å². The van der Waals surface area contributed by atoms with Crippen LogP contribution in [-0.2, 0) is 0 Å². The van der Waals surface area contributed by atoms with E-state index in [1.165, 1.54) is 0 Å². The number of nitrogen functional groups attached to an aromatic ring is 1. The highest BCUT2D eigenvalue weighted by Gasteiger charge is 2.19. The molecule has 1 unspecified atom stereocenters. The van der Waals surface area contributed by atoms with Crippen molar-refractivity contribution in [1.82, 2.24) is 0 Å². The standard InChI is InChI=1S/C13H20N2O2S/c1-4-10(8-18-3)15(2)12-7-9(14)5-6-11(12)13(16)17/h5-7,10H,4,8,14H2,1-3H3,(H,16,17). The van der Waals surface area contributed by atoms with Crippen LogP contribution in [0.3, 0.4) is 0 Å². The van der Waals surface area contributed by atoms with Crippen molar-refractivity contribution < 1.29 is 9.90 Å². The van der Waals surface area contributed by atoms with Gasteiger partial charge >= 0.3 is 5.97 Å². The van der Waals surface area contributed by atoms with Crippen LogP contribution in [0.4, 0.5) is 11.4 Å². The molecule has 0 radical (unpaired) electrons. The summed E-state index contributed by atoms with van der Waals surface area (Å²) in [6, 6.07) is 5.22. The highest BCUT2D eigenvalue weighted by molar-refractivity contribution is 7.98. The summed E-state index contributed by atoms with van der Waals surface area (Å²) in [6.07, 6.45) is 3.01. The van der Waals surface area contributed by atoms with Crippen molar-refractivity contribution in [2.45, 2.75) is 19.4 Å². The molecule has 0 amide bonds. The van der Waals surface area contributed by atoms with Crippen molar-refractivity contribution in [2.24, 2.45) is 0 Å². The van der Waals surface area contributed by atoms with Gasteiger partial charge in [0, 0.05) is 24.5 Å². The molecule has 0 spiro atoms. The second-order valence-corrected chi connectivity index (χ2v) is 5.12. The Bertz CT molecular complexity index is 423. The van der Waals surface area contributed by atoms with E-state index >= 15 is 0 Å². The van der Waals surface area contributed by atoms with E-state index in [0.29, 0.717) is 23.0 Å². The van der Waals surface area contributed by atoms with Gasteiger partial charge in [-0.15, -0.1) is 0 Å². The van der Waals surface area contributed by atoms with Crippen LogP contribution in [-0.4, -0.2) is 36.2 Å². The molecular formula is C13H20N2O2S. The van der Waals surface area contributed by atoms with Gasteiger partial charge in [-0.2, -0.15) is 11.8 Å². The molecule has 1 aromatic carbocycles. The van der Waals surface area contributed by atoms with Crippen molar-refractivity contribution in [1.29, 1.82) is 0 Å². The Hall–Kier alpha value is -1.36. The SMILES string of the molecule is CCC(CSC)N(C)c1cc(N)ccc1C(=O)O. The summed E-state index contributed by atoms with van der Waals surface area (Å²) in [6.45, 7) is 2.10. The van der Waals surface area contributed by atoms with Gasteiger partial charge in [0.15, 0.2) is 0 Å². The summed E-state index contributed by atoms with van der Waals surface area (Å²) < 4.78 is 0. The second-order valence-electron chi connectivity index (χ2n) is 4.21. The molecule has 4 nitrogen and oxygen atoms in total. The van der Waals surface area contributed by atoms with Gasteiger partial charge in [0.25, 0.3) is 0 Å². The fourth-order valence-corrected chi connectivity index (χ4v) is 2.76. The summed E-state index contributed by atoms with van der Waals surface area (Å²) in [4.78, 5) is 13.2. The van der Waals surface area contributed by atoms with E-state index in [1.54, 1.807) is 30.0 Å². The van der Waals surface area contributed by atoms with Gasteiger partial charge in [-0.25, -0.2) is 4.79 Å². The Morgan fingerprint density at radius 3 is 2.72 bits per heavy atom. The van der Waals surface area contributed by atoms with E-state index in [9.17, 15) is 9.90 Å². The minimum atomic E-state index is -0.921. The Kier molecular flexibility index (Phi) is 5.34. The predicted molar refractivity (Wildman–Crippen MR) is 78.7 cm³/mol. The highest BCUT2D eigenvalue weighted by Crippen LogP contribution is 2.26. The lowest BCUT2D eigenvalue weighted by atomic mass is 10.1. The van der Waals surface area contributed by atoms with Gasteiger partial charge < -0.3 is 15.7 Å². The predicted octanol–water partition coefficient (Wildman–Crippen LogP) is 2.54. The minimum Gasteiger partial charge on any atom is -0.478 e. The van der Waals surface area contributed by atoms with Gasteiger partial charge in [0.2, 0.25) is 0 Å². The van der Waals surface area contributed by atoms with Crippen LogP contribution in [0.25, 0.3) is 0 Å². The summed E-state index contributed by atoms with van der Waals surface area (Å²) in [5.41, 5.74) is 7.32. The van der Waals surface area contributed by atoms with Crippen molar-refractivity contribution in [3.8, 4) is 0 Å². The normalized spacial score (nSPS) is 12.2. The molecule has 100 valence electrons. The van der Waals surface area contributed by atoms with Gasteiger partial charge in [-0.05, 0) is 30.9 Å². The third-order valence-electron chi connectivity index (χ3n) is 3.01. The molecule has 0 bridgehead atoms. The number of hydrogen-bond acceptors (Lipinski definition) is 4. The number of benzene rings is 1. The van der Waals surface area contributed by atoms with Crippen molar-refractivity contribution >= 4 is 29.1 Å². The number of thioether (sulfide) groups is 1. The van der Waals surface area contributed by atoms with Crippen molar-refractivity contribution in [3.05, 3.63) is 23.8 Å². The van der Waals surface area contributed by atoms with Gasteiger partial charge in [0.05, 0.1) is 11.3 Å². The monoisotopic (exact) mass is 268 g/mol. The maximum Gasteiger partial charge on any atom is 0.337 e. The van der Waals surface area contributed by atoms with Gasteiger partial charge in [-0.3, -0.25) is 0 Å². The number of carboxylic acids is 1. The van der Waals surface area contributed by atoms with Crippen molar-refractivity contribution in [3.63, 3.8) is 0 Å². The number of carbonyl (C=O) groups is 1. The van der Waals surface area contributed by atoms with E-state index in [-0.39, 0.29) is 0 Å². The number of rotatable bonds is 6. The minimum absolute atomic E-state index is 0.297. The van der Waals surface area contributed by atoms with Crippen LogP contribution in [0.15, 0.2) is 18.2 Å². The average molecular weight is 268 g/mol. The van der Waals surface area contributed by atoms with E-state index in [2.05, 4.69) is 6.92 Å². The molecule has 0 aliphatic carbocycles. The number of aromatic carboxylic acids is 1. The molecule has 1 aromatic rings. The number of carboxylic acid groups (broad SMARTS) is 1. The molecule has 0 aromatic heterocycles.